The Kier molecular flexibility index (Phi) is 13.0. The molecule has 6 rings (SSSR count). The molecule has 6 aliphatic rings. The van der Waals surface area contributed by atoms with Gasteiger partial charge in [0.1, 0.15) is 24.4 Å². The Bertz CT molecular complexity index is 1220. The quantitative estimate of drug-likeness (QED) is 0.325. The van der Waals surface area contributed by atoms with Gasteiger partial charge < -0.3 is 43.0 Å². The first-order chi connectivity index (χ1) is 24.5. The number of rotatable bonds is 8. The Morgan fingerprint density at radius 3 is 2.27 bits per heavy atom. The molecule has 0 radical (unpaired) electrons. The molecule has 11 nitrogen and oxygen atoms in total. The zero-order valence-corrected chi connectivity index (χ0v) is 32.1. The normalized spacial score (nSPS) is 48.1. The van der Waals surface area contributed by atoms with Crippen molar-refractivity contribution in [1.29, 1.82) is 0 Å². The Morgan fingerprint density at radius 2 is 1.59 bits per heavy atom. The molecule has 18 atom stereocenters. The van der Waals surface area contributed by atoms with Crippen LogP contribution in [0.4, 0.5) is 0 Å². The minimum absolute atomic E-state index is 0.0115. The van der Waals surface area contributed by atoms with Crippen molar-refractivity contribution in [2.45, 2.75) is 166 Å². The first-order valence-corrected chi connectivity index (χ1v) is 19.8. The lowest BCUT2D eigenvalue weighted by atomic mass is 9.65. The molecule has 2 saturated carbocycles. The third kappa shape index (κ3) is 8.16. The van der Waals surface area contributed by atoms with Crippen molar-refractivity contribution in [2.75, 3.05) is 21.3 Å². The van der Waals surface area contributed by atoms with Gasteiger partial charge in [0.05, 0.1) is 36.9 Å². The molecule has 0 aromatic rings. The van der Waals surface area contributed by atoms with Crippen LogP contribution in [0, 0.1) is 41.4 Å². The largest absolute Gasteiger partial charge is 0.462 e. The number of fused-ring (bicyclic) bond motifs is 5. The third-order valence-corrected chi connectivity index (χ3v) is 13.5. The zero-order chi connectivity index (χ0) is 36.6. The smallest absolute Gasteiger partial charge is 0.306 e. The molecule has 11 heteroatoms. The predicted octanol–water partition coefficient (Wildman–Crippen LogP) is 5.39. The van der Waals surface area contributed by atoms with Crippen LogP contribution in [0.2, 0.25) is 0 Å². The van der Waals surface area contributed by atoms with Gasteiger partial charge in [0.25, 0.3) is 0 Å². The summed E-state index contributed by atoms with van der Waals surface area (Å²) in [4.78, 5) is 28.1. The monoisotopic (exact) mass is 720 g/mol. The summed E-state index contributed by atoms with van der Waals surface area (Å²) in [5, 5.41) is 11.8. The second kappa shape index (κ2) is 16.9. The maximum absolute atomic E-state index is 14.6. The molecule has 3 aliphatic carbocycles. The summed E-state index contributed by atoms with van der Waals surface area (Å²) in [5.74, 6) is -0.526. The maximum Gasteiger partial charge on any atom is 0.306 e. The van der Waals surface area contributed by atoms with Crippen molar-refractivity contribution in [3.8, 4) is 0 Å². The summed E-state index contributed by atoms with van der Waals surface area (Å²) in [6.45, 7) is 10.3. The highest BCUT2D eigenvalue weighted by Gasteiger charge is 2.56. The molecule has 3 aliphatic heterocycles. The van der Waals surface area contributed by atoms with Gasteiger partial charge in [-0.3, -0.25) is 9.59 Å². The van der Waals surface area contributed by atoms with E-state index in [2.05, 4.69) is 19.9 Å². The summed E-state index contributed by atoms with van der Waals surface area (Å²) in [6, 6.07) is 0. The molecule has 0 aromatic carbocycles. The number of carbonyl (C=O) groups excluding carboxylic acids is 2. The van der Waals surface area contributed by atoms with E-state index >= 15 is 0 Å². The number of ether oxygens (including phenoxy) is 8. The summed E-state index contributed by atoms with van der Waals surface area (Å²) in [7, 11) is 4.92. The molecular formula is C40H64O11. The van der Waals surface area contributed by atoms with E-state index in [1.54, 1.807) is 21.3 Å². The summed E-state index contributed by atoms with van der Waals surface area (Å²) in [6.07, 6.45) is 5.55. The van der Waals surface area contributed by atoms with E-state index in [9.17, 15) is 14.7 Å². The van der Waals surface area contributed by atoms with Crippen molar-refractivity contribution in [1.82, 2.24) is 0 Å². The number of hydrogen-bond donors (Lipinski definition) is 1. The molecule has 5 fully saturated rings. The number of hydrogen-bond acceptors (Lipinski definition) is 11. The van der Waals surface area contributed by atoms with Crippen molar-refractivity contribution < 1.29 is 52.6 Å². The molecule has 0 aromatic heterocycles. The highest BCUT2D eigenvalue weighted by atomic mass is 16.7. The fourth-order valence-corrected chi connectivity index (χ4v) is 10.4. The molecule has 0 amide bonds. The molecule has 3 unspecified atom stereocenters. The van der Waals surface area contributed by atoms with Gasteiger partial charge in [-0.1, -0.05) is 26.8 Å². The lowest BCUT2D eigenvalue weighted by molar-refractivity contribution is -0.314. The van der Waals surface area contributed by atoms with E-state index in [4.69, 9.17) is 37.9 Å². The maximum atomic E-state index is 14.6. The van der Waals surface area contributed by atoms with Gasteiger partial charge in [-0.25, -0.2) is 0 Å². The van der Waals surface area contributed by atoms with E-state index in [1.807, 2.05) is 20.8 Å². The second-order valence-corrected chi connectivity index (χ2v) is 16.5. The SMILES string of the molecule is CC[C@H]1CCC[C@H](O[C@H]2CC[C@H](C)C(C)O2)[C@@H](C)C(=O)C2=C[C@H]3[C@@H]4C[C@H](O[C@@H]5OC(C)[C@H](OC)C(OC)[C@@H]5OC)C[C@H]4C[C@H](O)[C@H]3[C@@H]2CC(=O)O1. The number of Topliss-reactive ketones (excluding diaryl/α,β-unsaturated/α-hetero) is 1. The minimum Gasteiger partial charge on any atom is -0.462 e. The van der Waals surface area contributed by atoms with E-state index in [1.165, 1.54) is 0 Å². The molecule has 3 heterocycles. The molecule has 3 saturated heterocycles. The van der Waals surface area contributed by atoms with Crippen LogP contribution in [0.1, 0.15) is 98.8 Å². The molecule has 290 valence electrons. The van der Waals surface area contributed by atoms with Gasteiger partial charge in [0.2, 0.25) is 0 Å². The molecular weight excluding hydrogens is 656 g/mol. The van der Waals surface area contributed by atoms with E-state index in [-0.39, 0.29) is 90.9 Å². The number of ketones is 1. The van der Waals surface area contributed by atoms with Crippen molar-refractivity contribution in [3.05, 3.63) is 11.6 Å². The number of esters is 1. The Balaban J connectivity index is 1.23. The lowest BCUT2D eigenvalue weighted by Gasteiger charge is -2.44. The van der Waals surface area contributed by atoms with Crippen LogP contribution in [-0.4, -0.2) is 106 Å². The number of allylic oxidation sites excluding steroid dienone is 2. The van der Waals surface area contributed by atoms with E-state index in [0.29, 0.717) is 24.3 Å². The van der Waals surface area contributed by atoms with Crippen LogP contribution in [0.25, 0.3) is 0 Å². The van der Waals surface area contributed by atoms with Crippen LogP contribution < -0.4 is 0 Å². The van der Waals surface area contributed by atoms with Crippen LogP contribution in [0.15, 0.2) is 11.6 Å². The van der Waals surface area contributed by atoms with Crippen LogP contribution in [0.3, 0.4) is 0 Å². The van der Waals surface area contributed by atoms with Crippen molar-refractivity contribution in [2.24, 2.45) is 41.4 Å². The van der Waals surface area contributed by atoms with Gasteiger partial charge in [-0.05, 0) is 107 Å². The number of methoxy groups -OCH3 is 3. The molecule has 51 heavy (non-hydrogen) atoms. The second-order valence-electron chi connectivity index (χ2n) is 16.5. The Morgan fingerprint density at radius 1 is 0.843 bits per heavy atom. The fourth-order valence-electron chi connectivity index (χ4n) is 10.4. The number of cyclic esters (lactones) is 1. The van der Waals surface area contributed by atoms with Gasteiger partial charge >= 0.3 is 5.97 Å². The zero-order valence-electron chi connectivity index (χ0n) is 32.1. The fraction of sp³-hybridized carbons (Fsp3) is 0.900. The van der Waals surface area contributed by atoms with E-state index < -0.39 is 30.3 Å². The first kappa shape index (κ1) is 39.3. The highest BCUT2D eigenvalue weighted by Crippen LogP contribution is 2.57. The van der Waals surface area contributed by atoms with Crippen LogP contribution >= 0.6 is 0 Å². The summed E-state index contributed by atoms with van der Waals surface area (Å²) in [5.41, 5.74) is 0.657. The van der Waals surface area contributed by atoms with Gasteiger partial charge in [-0.15, -0.1) is 0 Å². The van der Waals surface area contributed by atoms with Crippen molar-refractivity contribution in [3.63, 3.8) is 0 Å². The van der Waals surface area contributed by atoms with E-state index in [0.717, 1.165) is 44.9 Å². The van der Waals surface area contributed by atoms with Crippen LogP contribution in [-0.2, 0) is 47.5 Å². The van der Waals surface area contributed by atoms with Gasteiger partial charge in [-0.2, -0.15) is 0 Å². The van der Waals surface area contributed by atoms with Crippen molar-refractivity contribution >= 4 is 11.8 Å². The minimum atomic E-state index is -0.649. The first-order valence-electron chi connectivity index (χ1n) is 19.8. The Hall–Kier alpha value is -1.44. The van der Waals surface area contributed by atoms with Gasteiger partial charge in [0.15, 0.2) is 18.4 Å². The third-order valence-electron chi connectivity index (χ3n) is 13.5. The Labute approximate surface area is 304 Å². The number of aliphatic hydroxyl groups is 1. The average molecular weight is 721 g/mol. The summed E-state index contributed by atoms with van der Waals surface area (Å²) >= 11 is 0. The average Bonchev–Trinajstić information content (AvgIpc) is 3.68. The molecule has 0 bridgehead atoms. The lowest BCUT2D eigenvalue weighted by Crippen LogP contribution is -2.59. The van der Waals surface area contributed by atoms with Crippen LogP contribution in [0.5, 0.6) is 0 Å². The molecule has 1 N–H and O–H groups in total. The number of aliphatic hydroxyl groups excluding tert-OH is 1. The highest BCUT2D eigenvalue weighted by molar-refractivity contribution is 5.99. The number of carbonyl (C=O) groups is 2. The topological polar surface area (TPSA) is 128 Å². The molecule has 0 spiro atoms. The standard InChI is InChI=1S/C40H64O11/c1-9-25-11-10-12-32(51-34-14-13-20(2)22(4)47-34)21(3)36(43)30-18-28-27-17-26(15-24(27)16-31(41)35(28)29(30)19-33(42)49-25)50-40-39(46-8)38(45-7)37(44-6)23(5)48-40/h18,20-29,31-32,34-35,37-41H,9-17,19H2,1-8H3/t20-,21+,22?,23?,24-,25-,26+,27+,28-,29+,31-,32-,34-,35+,37-,38?,39-,40-/m0/s1. The summed E-state index contributed by atoms with van der Waals surface area (Å²) < 4.78 is 49.2. The van der Waals surface area contributed by atoms with Gasteiger partial charge in [0, 0.05) is 33.2 Å². The predicted molar refractivity (Wildman–Crippen MR) is 187 cm³/mol.